The normalized spacial score (nSPS) is 21.9. The van der Waals surface area contributed by atoms with E-state index in [-0.39, 0.29) is 0 Å². The van der Waals surface area contributed by atoms with E-state index in [0.29, 0.717) is 16.6 Å². The number of hydrogen-bond acceptors (Lipinski definition) is 4. The van der Waals surface area contributed by atoms with Gasteiger partial charge in [0, 0.05) is 21.7 Å². The Balaban J connectivity index is 1.79. The molecule has 0 radical (unpaired) electrons. The second-order valence-electron chi connectivity index (χ2n) is 6.72. The summed E-state index contributed by atoms with van der Waals surface area (Å²) in [4.78, 5) is 4.75. The van der Waals surface area contributed by atoms with Gasteiger partial charge in [-0.25, -0.2) is 0 Å². The van der Waals surface area contributed by atoms with Gasteiger partial charge in [-0.2, -0.15) is 0 Å². The van der Waals surface area contributed by atoms with Gasteiger partial charge in [0.05, 0.1) is 0 Å². The summed E-state index contributed by atoms with van der Waals surface area (Å²) in [5.74, 6) is 1.14. The van der Waals surface area contributed by atoms with E-state index in [1.807, 2.05) is 79.7 Å². The number of hydroxylamine groups is 1. The molecule has 0 saturated carbocycles. The lowest BCUT2D eigenvalue weighted by Gasteiger charge is -2.29. The molecule has 0 spiro atoms. The van der Waals surface area contributed by atoms with Crippen LogP contribution < -0.4 is 10.9 Å². The highest BCUT2D eigenvalue weighted by Crippen LogP contribution is 2.38. The van der Waals surface area contributed by atoms with Crippen LogP contribution in [-0.2, 0) is 9.49 Å². The van der Waals surface area contributed by atoms with Gasteiger partial charge in [0.25, 0.3) is 0 Å². The number of halogens is 2. The number of benzene rings is 2. The van der Waals surface area contributed by atoms with Crippen LogP contribution in [0.2, 0.25) is 0 Å². The first-order valence-electron chi connectivity index (χ1n) is 9.52. The van der Waals surface area contributed by atoms with Crippen LogP contribution in [0.15, 0.2) is 111 Å². The molecule has 30 heavy (non-hydrogen) atoms. The summed E-state index contributed by atoms with van der Waals surface area (Å²) in [7, 11) is -0.435. The average Bonchev–Trinajstić information content (AvgIpc) is 3.30. The molecule has 7 heteroatoms. The fourth-order valence-electron chi connectivity index (χ4n) is 3.25. The third kappa shape index (κ3) is 4.39. The minimum absolute atomic E-state index is 0.401. The van der Waals surface area contributed by atoms with Crippen LogP contribution in [0.25, 0.3) is 0 Å². The molecule has 0 saturated heterocycles. The fraction of sp³-hybridized carbons (Fsp3) is 0.0870. The smallest absolute Gasteiger partial charge is 0.479 e. The topological polar surface area (TPSA) is 42.8 Å². The Morgan fingerprint density at radius 2 is 1.80 bits per heavy atom. The zero-order valence-corrected chi connectivity index (χ0v) is 17.8. The van der Waals surface area contributed by atoms with Crippen molar-refractivity contribution in [3.05, 3.63) is 112 Å². The first-order chi connectivity index (χ1) is 14.7. The predicted octanol–water partition coefficient (Wildman–Crippen LogP) is 5.16. The highest BCUT2D eigenvalue weighted by atomic mass is 35.5. The van der Waals surface area contributed by atoms with Crippen molar-refractivity contribution in [2.45, 2.75) is 13.0 Å². The number of ether oxygens (including phenoxy) is 1. The van der Waals surface area contributed by atoms with E-state index < -0.39 is 13.2 Å². The fourth-order valence-corrected chi connectivity index (χ4v) is 3.54. The number of amidine groups is 1. The quantitative estimate of drug-likeness (QED) is 0.673. The Hall–Kier alpha value is -2.73. The number of rotatable bonds is 4. The number of hydrogen-bond donors (Lipinski definition) is 1. The molecule has 0 fully saturated rings. The molecule has 2 aromatic rings. The van der Waals surface area contributed by atoms with Crippen LogP contribution in [0.1, 0.15) is 18.6 Å². The van der Waals surface area contributed by atoms with Crippen molar-refractivity contribution in [2.75, 3.05) is 0 Å². The molecule has 0 amide bonds. The van der Waals surface area contributed by atoms with Crippen LogP contribution in [-0.4, -0.2) is 12.9 Å². The van der Waals surface area contributed by atoms with Gasteiger partial charge in [-0.15, -0.1) is 0 Å². The molecule has 1 unspecified atom stereocenters. The average molecular weight is 437 g/mol. The van der Waals surface area contributed by atoms with Crippen molar-refractivity contribution in [3.63, 3.8) is 0 Å². The molecule has 1 atom stereocenters. The van der Waals surface area contributed by atoms with Crippen LogP contribution in [0.4, 0.5) is 0 Å². The molecule has 2 aliphatic rings. The Bertz CT molecular complexity index is 1060. The second-order valence-corrected chi connectivity index (χ2v) is 7.37. The standard InChI is InChI=1S/C23H19BCl2N2O2/c1-2-19(26)13-17-14-20(22(29-21(17)15-25)16-9-5-3-6-10-16)23-27-24(30-28-23)18-11-7-4-8-12-18/h2-15,22H,1H3,(H,27,28)/b17-13-,19-2+,21-15-. The molecule has 2 aliphatic heterocycles. The molecule has 4 rings (SSSR count). The molecule has 2 heterocycles. The van der Waals surface area contributed by atoms with Crippen molar-refractivity contribution in [1.82, 2.24) is 5.48 Å². The first-order valence-corrected chi connectivity index (χ1v) is 10.3. The third-order valence-electron chi connectivity index (χ3n) is 4.77. The second kappa shape index (κ2) is 9.39. The molecule has 150 valence electrons. The van der Waals surface area contributed by atoms with Crippen molar-refractivity contribution < 1.29 is 9.49 Å². The molecule has 4 nitrogen and oxygen atoms in total. The van der Waals surface area contributed by atoms with E-state index in [1.54, 1.807) is 6.08 Å². The summed E-state index contributed by atoms with van der Waals surface area (Å²) in [5, 5.41) is 0.582. The van der Waals surface area contributed by atoms with Crippen LogP contribution in [0.3, 0.4) is 0 Å². The van der Waals surface area contributed by atoms with Crippen molar-refractivity contribution in [2.24, 2.45) is 4.90 Å². The SMILES string of the molecule is C\C=C(Cl)/C=C1/C=C(C2=NB(c3ccccc3)ON2)C(c2ccccc2)O/C1=C\Cl. The van der Waals surface area contributed by atoms with E-state index in [1.165, 1.54) is 5.54 Å². The van der Waals surface area contributed by atoms with Gasteiger partial charge in [0.15, 0.2) is 6.10 Å². The molecular formula is C23H19BCl2N2O2. The van der Waals surface area contributed by atoms with Gasteiger partial charge in [-0.1, -0.05) is 89.9 Å². The number of nitrogens with zero attached hydrogens (tertiary/aromatic N) is 1. The molecule has 2 aromatic carbocycles. The Kier molecular flexibility index (Phi) is 6.43. The highest BCUT2D eigenvalue weighted by Gasteiger charge is 2.34. The molecular weight excluding hydrogens is 418 g/mol. The lowest BCUT2D eigenvalue weighted by molar-refractivity contribution is 0.152. The summed E-state index contributed by atoms with van der Waals surface area (Å²) in [6, 6.07) is 19.7. The van der Waals surface area contributed by atoms with Crippen molar-refractivity contribution in [3.8, 4) is 0 Å². The maximum absolute atomic E-state index is 6.28. The van der Waals surface area contributed by atoms with Gasteiger partial charge < -0.3 is 4.74 Å². The van der Waals surface area contributed by atoms with Crippen molar-refractivity contribution >= 4 is 41.6 Å². The van der Waals surface area contributed by atoms with E-state index in [2.05, 4.69) is 5.48 Å². The van der Waals surface area contributed by atoms with Gasteiger partial charge in [-0.05, 0) is 30.1 Å². The van der Waals surface area contributed by atoms with E-state index in [0.717, 1.165) is 22.2 Å². The zero-order chi connectivity index (χ0) is 20.9. The summed E-state index contributed by atoms with van der Waals surface area (Å²) in [6.07, 6.45) is 5.19. The number of nitrogens with one attached hydrogen (secondary N) is 1. The molecule has 0 aromatic heterocycles. The highest BCUT2D eigenvalue weighted by molar-refractivity contribution is 6.68. The van der Waals surface area contributed by atoms with E-state index >= 15 is 0 Å². The maximum Gasteiger partial charge on any atom is 0.496 e. The Labute approximate surface area is 186 Å². The van der Waals surface area contributed by atoms with Gasteiger partial charge in [0.2, 0.25) is 0 Å². The molecule has 0 aliphatic carbocycles. The Morgan fingerprint density at radius 1 is 1.10 bits per heavy atom. The maximum atomic E-state index is 6.28. The minimum atomic E-state index is -0.435. The molecule has 1 N–H and O–H groups in total. The third-order valence-corrected chi connectivity index (χ3v) is 5.29. The van der Waals surface area contributed by atoms with Gasteiger partial charge >= 0.3 is 7.05 Å². The Morgan fingerprint density at radius 3 is 2.47 bits per heavy atom. The minimum Gasteiger partial charge on any atom is -0.479 e. The van der Waals surface area contributed by atoms with Crippen molar-refractivity contribution in [1.29, 1.82) is 0 Å². The van der Waals surface area contributed by atoms with Gasteiger partial charge in [-0.3, -0.25) is 15.1 Å². The summed E-state index contributed by atoms with van der Waals surface area (Å²) < 4.78 is 12.0. The number of allylic oxidation sites excluding steroid dienone is 4. The van der Waals surface area contributed by atoms with Crippen LogP contribution in [0.5, 0.6) is 0 Å². The van der Waals surface area contributed by atoms with E-state index in [9.17, 15) is 0 Å². The summed E-state index contributed by atoms with van der Waals surface area (Å²) in [6.45, 7) is 1.87. The van der Waals surface area contributed by atoms with Gasteiger partial charge in [0.1, 0.15) is 11.6 Å². The van der Waals surface area contributed by atoms with E-state index in [4.69, 9.17) is 37.6 Å². The van der Waals surface area contributed by atoms with Crippen LogP contribution >= 0.6 is 23.2 Å². The molecule has 0 bridgehead atoms. The summed E-state index contributed by atoms with van der Waals surface area (Å²) in [5.41, 5.74) is 7.91. The lowest BCUT2D eigenvalue weighted by Crippen LogP contribution is -2.31. The zero-order valence-electron chi connectivity index (χ0n) is 16.3. The van der Waals surface area contributed by atoms with Crippen LogP contribution in [0, 0.1) is 0 Å². The lowest BCUT2D eigenvalue weighted by atomic mass is 9.75. The summed E-state index contributed by atoms with van der Waals surface area (Å²) >= 11 is 12.3. The first kappa shape index (κ1) is 20.5. The largest absolute Gasteiger partial charge is 0.496 e. The monoisotopic (exact) mass is 436 g/mol. The predicted molar refractivity (Wildman–Crippen MR) is 123 cm³/mol.